The van der Waals surface area contributed by atoms with Crippen LogP contribution in [0.4, 0.5) is 0 Å². The summed E-state index contributed by atoms with van der Waals surface area (Å²) in [6.45, 7) is 2.72. The summed E-state index contributed by atoms with van der Waals surface area (Å²) in [6.07, 6.45) is 1.64. The number of carbonyl (C=O) groups is 1. The van der Waals surface area contributed by atoms with E-state index in [0.717, 1.165) is 35.5 Å². The van der Waals surface area contributed by atoms with Crippen LogP contribution in [0.2, 0.25) is 0 Å². The summed E-state index contributed by atoms with van der Waals surface area (Å²) in [5.74, 6) is 0.739. The van der Waals surface area contributed by atoms with Gasteiger partial charge >= 0.3 is 0 Å². The number of carbonyl (C=O) groups excluding carboxylic acids is 1. The van der Waals surface area contributed by atoms with Gasteiger partial charge in [-0.3, -0.25) is 4.79 Å². The van der Waals surface area contributed by atoms with Crippen molar-refractivity contribution in [3.8, 4) is 22.7 Å². The summed E-state index contributed by atoms with van der Waals surface area (Å²) in [5.41, 5.74) is 9.25. The van der Waals surface area contributed by atoms with Crippen molar-refractivity contribution in [2.24, 2.45) is 5.73 Å². The van der Waals surface area contributed by atoms with Crippen LogP contribution >= 0.6 is 0 Å². The first-order valence-electron chi connectivity index (χ1n) is 9.93. The molecule has 2 heterocycles. The van der Waals surface area contributed by atoms with E-state index in [2.05, 4.69) is 6.92 Å². The molecule has 1 aromatic heterocycles. The fourth-order valence-electron chi connectivity index (χ4n) is 3.88. The number of aromatic nitrogens is 2. The highest BCUT2D eigenvalue weighted by atomic mass is 16.5. The molecule has 150 valence electrons. The minimum Gasteiger partial charge on any atom is -0.497 e. The Kier molecular flexibility index (Phi) is 5.36. The molecule has 0 radical (unpaired) electrons. The number of piperidine rings is 1. The molecule has 6 heteroatoms. The number of nitrogens with two attached hydrogens (primary N) is 1. The van der Waals surface area contributed by atoms with Crippen LogP contribution in [0.1, 0.15) is 30.3 Å². The van der Waals surface area contributed by atoms with Crippen LogP contribution < -0.4 is 10.5 Å². The molecule has 1 aliphatic rings. The Labute approximate surface area is 170 Å². The third-order valence-corrected chi connectivity index (χ3v) is 5.49. The molecule has 6 nitrogen and oxygen atoms in total. The average molecular weight is 390 g/mol. The van der Waals surface area contributed by atoms with E-state index in [0.29, 0.717) is 12.2 Å². The number of rotatable bonds is 4. The van der Waals surface area contributed by atoms with Crippen molar-refractivity contribution in [1.29, 1.82) is 0 Å². The molecule has 2 atom stereocenters. The van der Waals surface area contributed by atoms with Gasteiger partial charge in [-0.05, 0) is 62.2 Å². The summed E-state index contributed by atoms with van der Waals surface area (Å²) >= 11 is 0. The van der Waals surface area contributed by atoms with Gasteiger partial charge in [-0.25, -0.2) is 4.68 Å². The molecule has 2 aromatic carbocycles. The van der Waals surface area contributed by atoms with Gasteiger partial charge in [0.1, 0.15) is 5.75 Å². The molecular formula is C23H26N4O2. The second-order valence-corrected chi connectivity index (χ2v) is 7.52. The van der Waals surface area contributed by atoms with Gasteiger partial charge in [0.05, 0.1) is 18.5 Å². The quantitative estimate of drug-likeness (QED) is 0.740. The minimum atomic E-state index is -0.0474. The van der Waals surface area contributed by atoms with Crippen LogP contribution in [-0.4, -0.2) is 46.3 Å². The Morgan fingerprint density at radius 2 is 1.86 bits per heavy atom. The first-order valence-corrected chi connectivity index (χ1v) is 9.93. The highest BCUT2D eigenvalue weighted by Crippen LogP contribution is 2.27. The van der Waals surface area contributed by atoms with Crippen molar-refractivity contribution in [3.05, 3.63) is 66.4 Å². The Bertz CT molecular complexity index is 982. The number of likely N-dealkylation sites (tertiary alicyclic amines) is 1. The number of amides is 1. The van der Waals surface area contributed by atoms with Crippen molar-refractivity contribution in [1.82, 2.24) is 14.7 Å². The molecule has 0 spiro atoms. The van der Waals surface area contributed by atoms with Crippen molar-refractivity contribution in [2.45, 2.75) is 31.8 Å². The SMILES string of the molecule is COc1ccc(-c2cc(C(=O)N3CC[C@H](N)C[C@H]3C)nn2-c2ccccc2)cc1. The fraction of sp³-hybridized carbons (Fsp3) is 0.304. The molecule has 4 rings (SSSR count). The number of hydrogen-bond donors (Lipinski definition) is 1. The number of nitrogens with zero attached hydrogens (tertiary/aromatic N) is 3. The normalized spacial score (nSPS) is 19.2. The highest BCUT2D eigenvalue weighted by molar-refractivity contribution is 5.94. The Morgan fingerprint density at radius 1 is 1.14 bits per heavy atom. The molecular weight excluding hydrogens is 364 g/mol. The van der Waals surface area contributed by atoms with E-state index in [1.807, 2.05) is 70.2 Å². The Morgan fingerprint density at radius 3 is 2.52 bits per heavy atom. The van der Waals surface area contributed by atoms with Crippen LogP contribution in [0.25, 0.3) is 16.9 Å². The summed E-state index contributed by atoms with van der Waals surface area (Å²) in [4.78, 5) is 15.1. The summed E-state index contributed by atoms with van der Waals surface area (Å²) in [5, 5.41) is 4.69. The second-order valence-electron chi connectivity index (χ2n) is 7.52. The van der Waals surface area contributed by atoms with E-state index in [1.54, 1.807) is 7.11 Å². The standard InChI is InChI=1S/C23H26N4O2/c1-16-14-18(24)12-13-26(16)23(28)21-15-22(17-8-10-20(29-2)11-9-17)27(25-21)19-6-4-3-5-7-19/h3-11,15-16,18H,12-14,24H2,1-2H3/t16-,18+/m1/s1. The van der Waals surface area contributed by atoms with Crippen LogP contribution in [-0.2, 0) is 0 Å². The molecule has 1 amide bonds. The lowest BCUT2D eigenvalue weighted by Gasteiger charge is -2.35. The van der Waals surface area contributed by atoms with Gasteiger partial charge in [0.15, 0.2) is 5.69 Å². The molecule has 0 unspecified atom stereocenters. The summed E-state index contributed by atoms with van der Waals surface area (Å²) in [6, 6.07) is 19.8. The Balaban J connectivity index is 1.74. The van der Waals surface area contributed by atoms with Crippen LogP contribution in [0.15, 0.2) is 60.7 Å². The van der Waals surface area contributed by atoms with E-state index >= 15 is 0 Å². The lowest BCUT2D eigenvalue weighted by Crippen LogP contribution is -2.48. The van der Waals surface area contributed by atoms with Crippen LogP contribution in [0, 0.1) is 0 Å². The van der Waals surface area contributed by atoms with Gasteiger partial charge in [-0.1, -0.05) is 18.2 Å². The fourth-order valence-corrected chi connectivity index (χ4v) is 3.88. The molecule has 3 aromatic rings. The van der Waals surface area contributed by atoms with Crippen molar-refractivity contribution in [3.63, 3.8) is 0 Å². The predicted octanol–water partition coefficient (Wildman–Crippen LogP) is 3.50. The second kappa shape index (κ2) is 8.09. The third kappa shape index (κ3) is 3.89. The minimum absolute atomic E-state index is 0.0474. The number of methoxy groups -OCH3 is 1. The number of hydrogen-bond acceptors (Lipinski definition) is 4. The van der Waals surface area contributed by atoms with Gasteiger partial charge in [-0.15, -0.1) is 0 Å². The average Bonchev–Trinajstić information content (AvgIpc) is 3.19. The maximum atomic E-state index is 13.2. The summed E-state index contributed by atoms with van der Waals surface area (Å²) in [7, 11) is 1.64. The zero-order chi connectivity index (χ0) is 20.4. The lowest BCUT2D eigenvalue weighted by molar-refractivity contribution is 0.0612. The topological polar surface area (TPSA) is 73.4 Å². The van der Waals surface area contributed by atoms with Crippen molar-refractivity contribution in [2.75, 3.05) is 13.7 Å². The zero-order valence-electron chi connectivity index (χ0n) is 16.8. The number of benzene rings is 2. The van der Waals surface area contributed by atoms with E-state index < -0.39 is 0 Å². The largest absolute Gasteiger partial charge is 0.497 e. The Hall–Kier alpha value is -3.12. The summed E-state index contributed by atoms with van der Waals surface area (Å²) < 4.78 is 7.10. The molecule has 29 heavy (non-hydrogen) atoms. The van der Waals surface area contributed by atoms with Crippen LogP contribution in [0.3, 0.4) is 0 Å². The molecule has 0 bridgehead atoms. The zero-order valence-corrected chi connectivity index (χ0v) is 16.8. The van der Waals surface area contributed by atoms with E-state index in [4.69, 9.17) is 15.6 Å². The number of para-hydroxylation sites is 1. The highest BCUT2D eigenvalue weighted by Gasteiger charge is 2.29. The molecule has 0 aliphatic carbocycles. The maximum absolute atomic E-state index is 13.2. The van der Waals surface area contributed by atoms with E-state index in [9.17, 15) is 4.79 Å². The van der Waals surface area contributed by atoms with Gasteiger partial charge in [0, 0.05) is 24.2 Å². The van der Waals surface area contributed by atoms with Gasteiger partial charge in [0.25, 0.3) is 5.91 Å². The van der Waals surface area contributed by atoms with Crippen LogP contribution in [0.5, 0.6) is 5.75 Å². The van der Waals surface area contributed by atoms with Gasteiger partial charge in [-0.2, -0.15) is 5.10 Å². The predicted molar refractivity (Wildman–Crippen MR) is 113 cm³/mol. The van der Waals surface area contributed by atoms with E-state index in [-0.39, 0.29) is 18.0 Å². The monoisotopic (exact) mass is 390 g/mol. The van der Waals surface area contributed by atoms with Gasteiger partial charge < -0.3 is 15.4 Å². The van der Waals surface area contributed by atoms with E-state index in [1.165, 1.54) is 0 Å². The molecule has 1 saturated heterocycles. The number of ether oxygens (including phenoxy) is 1. The first kappa shape index (κ1) is 19.2. The lowest BCUT2D eigenvalue weighted by atomic mass is 9.99. The molecule has 0 saturated carbocycles. The van der Waals surface area contributed by atoms with Crippen molar-refractivity contribution < 1.29 is 9.53 Å². The first-order chi connectivity index (χ1) is 14.1. The smallest absolute Gasteiger partial charge is 0.274 e. The molecule has 2 N–H and O–H groups in total. The maximum Gasteiger partial charge on any atom is 0.274 e. The molecule has 1 fully saturated rings. The molecule has 1 aliphatic heterocycles. The third-order valence-electron chi connectivity index (χ3n) is 5.49. The van der Waals surface area contributed by atoms with Gasteiger partial charge in [0.2, 0.25) is 0 Å². The van der Waals surface area contributed by atoms with Crippen molar-refractivity contribution >= 4 is 5.91 Å².